The van der Waals surface area contributed by atoms with E-state index in [0.29, 0.717) is 11.3 Å². The van der Waals surface area contributed by atoms with Gasteiger partial charge in [0.05, 0.1) is 27.7 Å². The molecule has 32 heavy (non-hydrogen) atoms. The summed E-state index contributed by atoms with van der Waals surface area (Å²) in [6, 6.07) is 22.0. The molecule has 0 saturated heterocycles. The van der Waals surface area contributed by atoms with Crippen LogP contribution in [0.2, 0.25) is 0 Å². The Morgan fingerprint density at radius 1 is 1.09 bits per heavy atom. The molecule has 160 valence electrons. The first-order valence-corrected chi connectivity index (χ1v) is 11.6. The topological polar surface area (TPSA) is 80.6 Å². The quantitative estimate of drug-likeness (QED) is 0.137. The number of amides is 1. The van der Waals surface area contributed by atoms with E-state index in [4.69, 9.17) is 4.74 Å². The molecule has 1 amide bonds. The molecular formula is C24H19N3O3S2. The van der Waals surface area contributed by atoms with Gasteiger partial charge in [0.25, 0.3) is 5.91 Å². The fraction of sp³-hybridized carbons (Fsp3) is 0.0833. The van der Waals surface area contributed by atoms with Crippen molar-refractivity contribution in [2.24, 2.45) is 5.10 Å². The predicted molar refractivity (Wildman–Crippen MR) is 129 cm³/mol. The van der Waals surface area contributed by atoms with Gasteiger partial charge in [0.15, 0.2) is 4.34 Å². The highest BCUT2D eigenvalue weighted by Gasteiger charge is 2.09. The van der Waals surface area contributed by atoms with Crippen LogP contribution >= 0.6 is 23.1 Å². The number of esters is 1. The molecule has 6 nitrogen and oxygen atoms in total. The van der Waals surface area contributed by atoms with E-state index in [1.807, 2.05) is 43.3 Å². The molecule has 1 N–H and O–H groups in total. The number of nitrogens with one attached hydrogen (secondary N) is 1. The minimum absolute atomic E-state index is 0.214. The number of hydrogen-bond acceptors (Lipinski definition) is 7. The van der Waals surface area contributed by atoms with Crippen LogP contribution in [0.15, 0.2) is 82.2 Å². The van der Waals surface area contributed by atoms with E-state index in [1.165, 1.54) is 18.0 Å². The Balaban J connectivity index is 1.25. The third kappa shape index (κ3) is 5.81. The molecule has 0 fully saturated rings. The molecule has 4 rings (SSSR count). The van der Waals surface area contributed by atoms with Crippen molar-refractivity contribution in [1.29, 1.82) is 0 Å². The summed E-state index contributed by atoms with van der Waals surface area (Å²) in [4.78, 5) is 28.7. The summed E-state index contributed by atoms with van der Waals surface area (Å²) >= 11 is 2.94. The summed E-state index contributed by atoms with van der Waals surface area (Å²) in [6.07, 6.45) is 1.53. The maximum Gasteiger partial charge on any atom is 0.343 e. The fourth-order valence-electron chi connectivity index (χ4n) is 2.81. The van der Waals surface area contributed by atoms with Gasteiger partial charge in [-0.05, 0) is 61.0 Å². The van der Waals surface area contributed by atoms with E-state index in [9.17, 15) is 9.59 Å². The molecule has 1 aromatic heterocycles. The first-order chi connectivity index (χ1) is 15.6. The molecule has 0 aliphatic heterocycles. The van der Waals surface area contributed by atoms with Crippen molar-refractivity contribution in [1.82, 2.24) is 10.4 Å². The zero-order chi connectivity index (χ0) is 22.3. The number of hydrazone groups is 1. The SMILES string of the molecule is Cc1cccc(C(=O)Oc2ccc(/C=N/NC(=O)CSc3nc4ccccc4s3)cc2)c1. The van der Waals surface area contributed by atoms with Crippen LogP contribution in [0.5, 0.6) is 5.75 Å². The number of ether oxygens (including phenoxy) is 1. The third-order valence-electron chi connectivity index (χ3n) is 4.35. The number of aryl methyl sites for hydroxylation is 1. The van der Waals surface area contributed by atoms with Crippen molar-refractivity contribution in [3.63, 3.8) is 0 Å². The molecule has 0 bridgehead atoms. The predicted octanol–water partition coefficient (Wildman–Crippen LogP) is 5.07. The number of benzene rings is 3. The number of rotatable bonds is 7. The molecule has 0 atom stereocenters. The summed E-state index contributed by atoms with van der Waals surface area (Å²) in [5.74, 6) is 0.0394. The van der Waals surface area contributed by atoms with Gasteiger partial charge in [-0.2, -0.15) is 5.10 Å². The van der Waals surface area contributed by atoms with Crippen LogP contribution in [-0.2, 0) is 4.79 Å². The second kappa shape index (κ2) is 10.2. The Bertz CT molecular complexity index is 1250. The number of para-hydroxylation sites is 1. The molecule has 0 unspecified atom stereocenters. The van der Waals surface area contributed by atoms with E-state index in [1.54, 1.807) is 47.7 Å². The Morgan fingerprint density at radius 3 is 2.69 bits per heavy atom. The highest BCUT2D eigenvalue weighted by Crippen LogP contribution is 2.29. The number of nitrogens with zero attached hydrogens (tertiary/aromatic N) is 2. The van der Waals surface area contributed by atoms with Crippen molar-refractivity contribution in [3.8, 4) is 5.75 Å². The number of fused-ring (bicyclic) bond motifs is 1. The molecule has 8 heteroatoms. The van der Waals surface area contributed by atoms with Gasteiger partial charge in [0.2, 0.25) is 0 Å². The van der Waals surface area contributed by atoms with Crippen LogP contribution in [0.3, 0.4) is 0 Å². The molecule has 0 radical (unpaired) electrons. The highest BCUT2D eigenvalue weighted by atomic mass is 32.2. The van der Waals surface area contributed by atoms with Gasteiger partial charge in [-0.25, -0.2) is 15.2 Å². The normalized spacial score (nSPS) is 11.0. The monoisotopic (exact) mass is 461 g/mol. The summed E-state index contributed by atoms with van der Waals surface area (Å²) in [6.45, 7) is 1.92. The number of carbonyl (C=O) groups excluding carboxylic acids is 2. The van der Waals surface area contributed by atoms with E-state index >= 15 is 0 Å². The molecule has 4 aromatic rings. The van der Waals surface area contributed by atoms with E-state index in [0.717, 1.165) is 25.7 Å². The Labute approximate surface area is 193 Å². The van der Waals surface area contributed by atoms with Crippen molar-refractivity contribution >= 4 is 51.4 Å². The summed E-state index contributed by atoms with van der Waals surface area (Å²) < 4.78 is 7.33. The van der Waals surface area contributed by atoms with Crippen molar-refractivity contribution in [2.45, 2.75) is 11.3 Å². The number of carbonyl (C=O) groups is 2. The van der Waals surface area contributed by atoms with E-state index < -0.39 is 5.97 Å². The average Bonchev–Trinajstić information content (AvgIpc) is 3.22. The largest absolute Gasteiger partial charge is 0.423 e. The Hall–Kier alpha value is -3.49. The highest BCUT2D eigenvalue weighted by molar-refractivity contribution is 8.01. The zero-order valence-corrected chi connectivity index (χ0v) is 18.8. The lowest BCUT2D eigenvalue weighted by Gasteiger charge is -2.05. The molecule has 1 heterocycles. The number of thioether (sulfide) groups is 1. The number of hydrogen-bond donors (Lipinski definition) is 1. The van der Waals surface area contributed by atoms with E-state index in [2.05, 4.69) is 15.5 Å². The lowest BCUT2D eigenvalue weighted by atomic mass is 10.1. The second-order valence-corrected chi connectivity index (χ2v) is 9.11. The van der Waals surface area contributed by atoms with Crippen molar-refractivity contribution in [2.75, 3.05) is 5.75 Å². The third-order valence-corrected chi connectivity index (χ3v) is 6.53. The molecule has 0 saturated carbocycles. The summed E-state index contributed by atoms with van der Waals surface area (Å²) in [5, 5.41) is 3.98. The molecule has 0 aliphatic carbocycles. The van der Waals surface area contributed by atoms with Gasteiger partial charge < -0.3 is 4.74 Å². The van der Waals surface area contributed by atoms with Crippen LogP contribution < -0.4 is 10.2 Å². The van der Waals surface area contributed by atoms with Gasteiger partial charge in [-0.1, -0.05) is 41.6 Å². The fourth-order valence-corrected chi connectivity index (χ4v) is 4.67. The smallest absolute Gasteiger partial charge is 0.343 e. The first kappa shape index (κ1) is 21.7. The van der Waals surface area contributed by atoms with Gasteiger partial charge in [-0.3, -0.25) is 4.79 Å². The Morgan fingerprint density at radius 2 is 1.91 bits per heavy atom. The summed E-state index contributed by atoms with van der Waals surface area (Å²) in [5.41, 5.74) is 5.70. The van der Waals surface area contributed by atoms with Crippen molar-refractivity contribution in [3.05, 3.63) is 89.5 Å². The second-order valence-electron chi connectivity index (χ2n) is 6.86. The van der Waals surface area contributed by atoms with Crippen LogP contribution in [0.25, 0.3) is 10.2 Å². The van der Waals surface area contributed by atoms with Gasteiger partial charge >= 0.3 is 5.97 Å². The molecule has 0 aliphatic rings. The number of aromatic nitrogens is 1. The number of thiazole rings is 1. The minimum Gasteiger partial charge on any atom is -0.423 e. The molecular weight excluding hydrogens is 442 g/mol. The van der Waals surface area contributed by atoms with Crippen LogP contribution in [0.4, 0.5) is 0 Å². The Kier molecular flexibility index (Phi) is 6.94. The van der Waals surface area contributed by atoms with E-state index in [-0.39, 0.29) is 11.7 Å². The lowest BCUT2D eigenvalue weighted by molar-refractivity contribution is -0.118. The van der Waals surface area contributed by atoms with Crippen LogP contribution in [-0.4, -0.2) is 28.8 Å². The van der Waals surface area contributed by atoms with Crippen LogP contribution in [0.1, 0.15) is 21.5 Å². The summed E-state index contributed by atoms with van der Waals surface area (Å²) in [7, 11) is 0. The van der Waals surface area contributed by atoms with Crippen LogP contribution in [0, 0.1) is 6.92 Å². The standard InChI is InChI=1S/C24H19N3O3S2/c1-16-5-4-6-18(13-16)23(29)30-19-11-9-17(10-12-19)14-25-27-22(28)15-31-24-26-20-7-2-3-8-21(20)32-24/h2-14H,15H2,1H3,(H,27,28)/b25-14+. The minimum atomic E-state index is -0.409. The van der Waals surface area contributed by atoms with Gasteiger partial charge in [-0.15, -0.1) is 11.3 Å². The maximum absolute atomic E-state index is 12.2. The lowest BCUT2D eigenvalue weighted by Crippen LogP contribution is -2.19. The maximum atomic E-state index is 12.2. The molecule has 3 aromatic carbocycles. The molecule has 0 spiro atoms. The first-order valence-electron chi connectivity index (χ1n) is 9.76. The van der Waals surface area contributed by atoms with Gasteiger partial charge in [0, 0.05) is 0 Å². The zero-order valence-electron chi connectivity index (χ0n) is 17.1. The van der Waals surface area contributed by atoms with Crippen molar-refractivity contribution < 1.29 is 14.3 Å². The average molecular weight is 462 g/mol. The van der Waals surface area contributed by atoms with Gasteiger partial charge in [0.1, 0.15) is 5.75 Å².